The van der Waals surface area contributed by atoms with Crippen molar-refractivity contribution in [3.8, 4) is 0 Å². The molecule has 0 spiro atoms. The lowest BCUT2D eigenvalue weighted by Crippen LogP contribution is -1.98. The molecule has 0 aliphatic rings. The van der Waals surface area contributed by atoms with Crippen LogP contribution in [-0.4, -0.2) is 26.0 Å². The van der Waals surface area contributed by atoms with Crippen LogP contribution >= 0.6 is 15.9 Å². The summed E-state index contributed by atoms with van der Waals surface area (Å²) in [7, 11) is 0. The van der Waals surface area contributed by atoms with Gasteiger partial charge in [-0.05, 0) is 28.1 Å². The van der Waals surface area contributed by atoms with Crippen LogP contribution in [0.25, 0.3) is 11.0 Å². The standard InChI is InChI=1S/C8H4BrN3O4/c9-3-1-2-4-5(6(3)12(15)16)11-7(10-4)8(13)14/h1-2H,(H,10,11)(H,13,14). The number of fused-ring (bicyclic) bond motifs is 1. The van der Waals surface area contributed by atoms with Crippen molar-refractivity contribution in [3.63, 3.8) is 0 Å². The van der Waals surface area contributed by atoms with E-state index in [1.165, 1.54) is 12.1 Å². The van der Waals surface area contributed by atoms with E-state index in [0.717, 1.165) is 0 Å². The number of carbonyl (C=O) groups is 1. The third-order valence-corrected chi connectivity index (χ3v) is 2.60. The summed E-state index contributed by atoms with van der Waals surface area (Å²) in [6.07, 6.45) is 0. The van der Waals surface area contributed by atoms with Crippen molar-refractivity contribution in [2.45, 2.75) is 0 Å². The Morgan fingerprint density at radius 2 is 2.25 bits per heavy atom. The van der Waals surface area contributed by atoms with Crippen molar-refractivity contribution < 1.29 is 14.8 Å². The van der Waals surface area contributed by atoms with E-state index in [9.17, 15) is 14.9 Å². The molecule has 0 aliphatic heterocycles. The Balaban J connectivity index is 2.82. The molecular weight excluding hydrogens is 282 g/mol. The molecule has 0 saturated carbocycles. The number of nitrogens with zero attached hydrogens (tertiary/aromatic N) is 2. The summed E-state index contributed by atoms with van der Waals surface area (Å²) in [5, 5.41) is 19.5. The van der Waals surface area contributed by atoms with E-state index >= 15 is 0 Å². The second kappa shape index (κ2) is 3.56. The quantitative estimate of drug-likeness (QED) is 0.647. The van der Waals surface area contributed by atoms with Gasteiger partial charge in [-0.2, -0.15) is 0 Å². The van der Waals surface area contributed by atoms with Crippen LogP contribution in [0.15, 0.2) is 16.6 Å². The van der Waals surface area contributed by atoms with Crippen LogP contribution in [0, 0.1) is 10.1 Å². The molecule has 7 nitrogen and oxygen atoms in total. The highest BCUT2D eigenvalue weighted by Gasteiger charge is 2.21. The molecule has 2 rings (SSSR count). The molecule has 2 N–H and O–H groups in total. The molecule has 0 amide bonds. The Hall–Kier alpha value is -1.96. The summed E-state index contributed by atoms with van der Waals surface area (Å²) < 4.78 is 0.258. The van der Waals surface area contributed by atoms with E-state index in [4.69, 9.17) is 5.11 Å². The summed E-state index contributed by atoms with van der Waals surface area (Å²) in [4.78, 5) is 27.0. The fourth-order valence-electron chi connectivity index (χ4n) is 1.31. The van der Waals surface area contributed by atoms with Crippen LogP contribution in [0.2, 0.25) is 0 Å². The van der Waals surface area contributed by atoms with Gasteiger partial charge in [-0.15, -0.1) is 0 Å². The largest absolute Gasteiger partial charge is 0.475 e. The van der Waals surface area contributed by atoms with Crippen molar-refractivity contribution in [3.05, 3.63) is 32.5 Å². The molecule has 1 aromatic carbocycles. The molecule has 0 saturated heterocycles. The number of nitrogens with one attached hydrogen (secondary N) is 1. The van der Waals surface area contributed by atoms with Crippen LogP contribution in [0.5, 0.6) is 0 Å². The minimum Gasteiger partial charge on any atom is -0.475 e. The lowest BCUT2D eigenvalue weighted by molar-refractivity contribution is -0.384. The van der Waals surface area contributed by atoms with Gasteiger partial charge < -0.3 is 10.1 Å². The number of rotatable bonds is 2. The Morgan fingerprint density at radius 3 is 2.81 bits per heavy atom. The van der Waals surface area contributed by atoms with Gasteiger partial charge >= 0.3 is 11.7 Å². The zero-order valence-electron chi connectivity index (χ0n) is 7.60. The number of H-pyrrole nitrogens is 1. The number of hydrogen-bond acceptors (Lipinski definition) is 4. The van der Waals surface area contributed by atoms with Crippen molar-refractivity contribution in [2.24, 2.45) is 0 Å². The van der Waals surface area contributed by atoms with Crippen LogP contribution in [0.3, 0.4) is 0 Å². The van der Waals surface area contributed by atoms with Gasteiger partial charge in [-0.3, -0.25) is 10.1 Å². The Kier molecular flexibility index (Phi) is 2.35. The highest BCUT2D eigenvalue weighted by Crippen LogP contribution is 2.31. The number of hydrogen-bond donors (Lipinski definition) is 2. The zero-order chi connectivity index (χ0) is 11.9. The maximum absolute atomic E-state index is 10.8. The number of aromatic nitrogens is 2. The van der Waals surface area contributed by atoms with E-state index in [2.05, 4.69) is 25.9 Å². The number of carboxylic acid groups (broad SMARTS) is 1. The maximum atomic E-state index is 10.8. The van der Waals surface area contributed by atoms with E-state index in [1.807, 2.05) is 0 Å². The van der Waals surface area contributed by atoms with Crippen LogP contribution in [0.4, 0.5) is 5.69 Å². The number of carboxylic acids is 1. The summed E-state index contributed by atoms with van der Waals surface area (Å²) in [5.41, 5.74) is 0.0883. The van der Waals surface area contributed by atoms with Gasteiger partial charge in [-0.1, -0.05) is 0 Å². The SMILES string of the molecule is O=C(O)c1nc2c([N+](=O)[O-])c(Br)ccc2[nH]1. The van der Waals surface area contributed by atoms with Gasteiger partial charge in [0, 0.05) is 0 Å². The Morgan fingerprint density at radius 1 is 1.56 bits per heavy atom. The number of aromatic amines is 1. The minimum absolute atomic E-state index is 0.0248. The van der Waals surface area contributed by atoms with E-state index in [1.54, 1.807) is 0 Å². The molecular formula is C8H4BrN3O4. The fourth-order valence-corrected chi connectivity index (χ4v) is 1.78. The first-order valence-corrected chi connectivity index (χ1v) is 4.86. The van der Waals surface area contributed by atoms with Crippen molar-refractivity contribution in [1.82, 2.24) is 9.97 Å². The first-order valence-electron chi connectivity index (χ1n) is 4.06. The number of imidazole rings is 1. The average molecular weight is 286 g/mol. The molecule has 1 heterocycles. The Bertz CT molecular complexity index is 607. The highest BCUT2D eigenvalue weighted by molar-refractivity contribution is 9.10. The van der Waals surface area contributed by atoms with E-state index < -0.39 is 10.9 Å². The summed E-state index contributed by atoms with van der Waals surface area (Å²) in [5.74, 6) is -1.59. The van der Waals surface area contributed by atoms with Crippen molar-refractivity contribution >= 4 is 38.6 Å². The molecule has 0 atom stereocenters. The molecule has 0 aliphatic carbocycles. The predicted molar refractivity (Wildman–Crippen MR) is 57.4 cm³/mol. The maximum Gasteiger partial charge on any atom is 0.371 e. The van der Waals surface area contributed by atoms with Crippen molar-refractivity contribution in [2.75, 3.05) is 0 Å². The molecule has 2 aromatic rings. The highest BCUT2D eigenvalue weighted by atomic mass is 79.9. The normalized spacial score (nSPS) is 10.6. The van der Waals surface area contributed by atoms with Gasteiger partial charge in [0.1, 0.15) is 0 Å². The summed E-state index contributed by atoms with van der Waals surface area (Å²) >= 11 is 3.02. The van der Waals surface area contributed by atoms with Crippen LogP contribution < -0.4 is 0 Å². The molecule has 1 aromatic heterocycles. The van der Waals surface area contributed by atoms with Gasteiger partial charge in [-0.25, -0.2) is 9.78 Å². The molecule has 0 bridgehead atoms. The number of nitro groups is 1. The second-order valence-electron chi connectivity index (χ2n) is 2.94. The number of benzene rings is 1. The smallest absolute Gasteiger partial charge is 0.371 e. The number of halogens is 1. The average Bonchev–Trinajstić information content (AvgIpc) is 2.60. The third-order valence-electron chi connectivity index (χ3n) is 1.96. The van der Waals surface area contributed by atoms with Crippen LogP contribution in [0.1, 0.15) is 10.6 Å². The fraction of sp³-hybridized carbons (Fsp3) is 0. The van der Waals surface area contributed by atoms with E-state index in [-0.39, 0.29) is 21.5 Å². The summed E-state index contributed by atoms with van der Waals surface area (Å²) in [6.45, 7) is 0. The minimum atomic E-state index is -1.26. The number of aromatic carboxylic acids is 1. The van der Waals surface area contributed by atoms with E-state index in [0.29, 0.717) is 5.52 Å². The third kappa shape index (κ3) is 1.52. The summed E-state index contributed by atoms with van der Waals surface area (Å²) in [6, 6.07) is 2.98. The first kappa shape index (κ1) is 10.6. The number of nitro benzene ring substituents is 1. The molecule has 0 unspecified atom stereocenters. The molecule has 82 valence electrons. The van der Waals surface area contributed by atoms with Gasteiger partial charge in [0.15, 0.2) is 5.52 Å². The molecule has 0 radical (unpaired) electrons. The van der Waals surface area contributed by atoms with Gasteiger partial charge in [0.2, 0.25) is 5.82 Å². The second-order valence-corrected chi connectivity index (χ2v) is 3.79. The van der Waals surface area contributed by atoms with Crippen molar-refractivity contribution in [1.29, 1.82) is 0 Å². The lowest BCUT2D eigenvalue weighted by Gasteiger charge is -1.94. The van der Waals surface area contributed by atoms with Gasteiger partial charge in [0.05, 0.1) is 14.9 Å². The zero-order valence-corrected chi connectivity index (χ0v) is 9.19. The van der Waals surface area contributed by atoms with Crippen LogP contribution in [-0.2, 0) is 0 Å². The molecule has 8 heteroatoms. The lowest BCUT2D eigenvalue weighted by atomic mass is 10.3. The van der Waals surface area contributed by atoms with Gasteiger partial charge in [0.25, 0.3) is 0 Å². The first-order chi connectivity index (χ1) is 7.50. The predicted octanol–water partition coefficient (Wildman–Crippen LogP) is 1.93. The monoisotopic (exact) mass is 285 g/mol. The topological polar surface area (TPSA) is 109 Å². The Labute approximate surface area is 96.4 Å². The molecule has 0 fully saturated rings. The molecule has 16 heavy (non-hydrogen) atoms.